The average molecular weight is 493 g/mol. The smallest absolute Gasteiger partial charge is 0.343 e. The van der Waals surface area contributed by atoms with Crippen molar-refractivity contribution in [3.63, 3.8) is 0 Å². The average Bonchev–Trinajstić information content (AvgIpc) is 3.29. The van der Waals surface area contributed by atoms with Gasteiger partial charge in [0.1, 0.15) is 35.5 Å². The van der Waals surface area contributed by atoms with Gasteiger partial charge in [0.2, 0.25) is 0 Å². The van der Waals surface area contributed by atoms with Gasteiger partial charge in [-0.05, 0) is 30.7 Å². The molecule has 37 heavy (non-hydrogen) atoms. The fourth-order valence-electron chi connectivity index (χ4n) is 4.75. The van der Waals surface area contributed by atoms with Crippen molar-refractivity contribution < 1.29 is 13.9 Å². The minimum atomic E-state index is -0.665. The SMILES string of the molecule is CC(c1oc(=O)c2ccccc2c1-c1ccccc1)n1nc2ncnc(N)c2c1-c1cc(O)cc(F)c1. The van der Waals surface area contributed by atoms with Gasteiger partial charge in [-0.3, -0.25) is 4.68 Å². The molecular weight excluding hydrogens is 473 g/mol. The molecule has 3 aromatic carbocycles. The van der Waals surface area contributed by atoms with Crippen LogP contribution in [0.3, 0.4) is 0 Å². The topological polar surface area (TPSA) is 120 Å². The summed E-state index contributed by atoms with van der Waals surface area (Å²) < 4.78 is 21.9. The van der Waals surface area contributed by atoms with Crippen molar-refractivity contribution in [2.45, 2.75) is 13.0 Å². The van der Waals surface area contributed by atoms with Crippen molar-refractivity contribution in [1.82, 2.24) is 19.7 Å². The first-order valence-electron chi connectivity index (χ1n) is 11.5. The predicted molar refractivity (Wildman–Crippen MR) is 139 cm³/mol. The van der Waals surface area contributed by atoms with Crippen LogP contribution in [0, 0.1) is 5.82 Å². The molecule has 3 heterocycles. The number of hydrogen-bond donors (Lipinski definition) is 2. The van der Waals surface area contributed by atoms with E-state index in [1.54, 1.807) is 16.8 Å². The zero-order chi connectivity index (χ0) is 25.7. The van der Waals surface area contributed by atoms with Crippen molar-refractivity contribution in [2.75, 3.05) is 5.73 Å². The first-order chi connectivity index (χ1) is 17.9. The molecular formula is C28H20FN5O3. The molecule has 6 rings (SSSR count). The molecule has 1 unspecified atom stereocenters. The lowest BCUT2D eigenvalue weighted by molar-refractivity contribution is 0.403. The van der Waals surface area contributed by atoms with E-state index in [9.17, 15) is 14.3 Å². The summed E-state index contributed by atoms with van der Waals surface area (Å²) in [5.41, 5.74) is 8.28. The Hall–Kier alpha value is -5.05. The summed E-state index contributed by atoms with van der Waals surface area (Å²) in [4.78, 5) is 21.4. The number of nitrogens with two attached hydrogens (primary N) is 1. The molecule has 0 aliphatic carbocycles. The Morgan fingerprint density at radius 1 is 0.973 bits per heavy atom. The van der Waals surface area contributed by atoms with E-state index >= 15 is 0 Å². The second kappa shape index (κ2) is 8.56. The number of benzene rings is 3. The summed E-state index contributed by atoms with van der Waals surface area (Å²) >= 11 is 0. The van der Waals surface area contributed by atoms with Gasteiger partial charge in [-0.15, -0.1) is 0 Å². The van der Waals surface area contributed by atoms with Crippen molar-refractivity contribution in [3.05, 3.63) is 101 Å². The van der Waals surface area contributed by atoms with E-state index in [0.717, 1.165) is 22.6 Å². The number of aromatic nitrogens is 4. The van der Waals surface area contributed by atoms with Gasteiger partial charge in [0.25, 0.3) is 0 Å². The second-order valence-electron chi connectivity index (χ2n) is 8.67. The number of rotatable bonds is 4. The van der Waals surface area contributed by atoms with Gasteiger partial charge in [0.15, 0.2) is 5.65 Å². The Kier molecular flexibility index (Phi) is 5.19. The van der Waals surface area contributed by atoms with E-state index < -0.39 is 17.5 Å². The third-order valence-corrected chi connectivity index (χ3v) is 6.36. The lowest BCUT2D eigenvalue weighted by Gasteiger charge is -2.19. The van der Waals surface area contributed by atoms with E-state index in [0.29, 0.717) is 27.8 Å². The highest BCUT2D eigenvalue weighted by atomic mass is 19.1. The molecule has 8 nitrogen and oxygen atoms in total. The van der Waals surface area contributed by atoms with Crippen LogP contribution < -0.4 is 11.4 Å². The number of aromatic hydroxyl groups is 1. The molecule has 0 aliphatic rings. The Bertz CT molecular complexity index is 1840. The molecule has 3 N–H and O–H groups in total. The van der Waals surface area contributed by atoms with E-state index in [2.05, 4.69) is 15.1 Å². The number of anilines is 1. The minimum absolute atomic E-state index is 0.144. The third-order valence-electron chi connectivity index (χ3n) is 6.36. The number of nitrogens with zero attached hydrogens (tertiary/aromatic N) is 4. The standard InChI is InChI=1S/C28H20FN5O3/c1-15(25-22(16-7-3-2-4-8-16)20-9-5-6-10-21(20)28(36)37-25)34-24(17-11-18(29)13-19(35)12-17)23-26(30)31-14-32-27(23)33-34/h2-15,35H,1H3,(H2,30,31,32,33). The largest absolute Gasteiger partial charge is 0.508 e. The molecule has 0 amide bonds. The number of fused-ring (bicyclic) bond motifs is 2. The summed E-state index contributed by atoms with van der Waals surface area (Å²) in [6.07, 6.45) is 1.29. The van der Waals surface area contributed by atoms with Crippen molar-refractivity contribution in [3.8, 4) is 28.1 Å². The molecule has 0 saturated carbocycles. The molecule has 0 fully saturated rings. The van der Waals surface area contributed by atoms with Gasteiger partial charge < -0.3 is 15.3 Å². The number of halogens is 1. The van der Waals surface area contributed by atoms with Crippen LogP contribution in [0.5, 0.6) is 5.75 Å². The zero-order valence-corrected chi connectivity index (χ0v) is 19.6. The molecule has 0 bridgehead atoms. The van der Waals surface area contributed by atoms with Crippen LogP contribution in [0.1, 0.15) is 18.7 Å². The number of nitrogen functional groups attached to an aromatic ring is 1. The molecule has 182 valence electrons. The number of phenols is 1. The quantitative estimate of drug-likeness (QED) is 0.342. The molecule has 0 saturated heterocycles. The number of phenolic OH excluding ortho intramolecular Hbond substituents is 1. The summed E-state index contributed by atoms with van der Waals surface area (Å²) in [7, 11) is 0. The third kappa shape index (κ3) is 3.68. The Morgan fingerprint density at radius 3 is 2.46 bits per heavy atom. The summed E-state index contributed by atoms with van der Waals surface area (Å²) in [6.45, 7) is 1.82. The van der Waals surface area contributed by atoms with Crippen LogP contribution in [-0.2, 0) is 0 Å². The highest BCUT2D eigenvalue weighted by molar-refractivity contribution is 5.99. The Balaban J connectivity index is 1.69. The van der Waals surface area contributed by atoms with Crippen LogP contribution in [0.4, 0.5) is 10.2 Å². The summed E-state index contributed by atoms with van der Waals surface area (Å²) in [6, 6.07) is 19.9. The molecule has 1 atom stereocenters. The zero-order valence-electron chi connectivity index (χ0n) is 19.6. The van der Waals surface area contributed by atoms with Crippen LogP contribution >= 0.6 is 0 Å². The van der Waals surface area contributed by atoms with Crippen molar-refractivity contribution >= 4 is 27.6 Å². The van der Waals surface area contributed by atoms with Gasteiger partial charge in [-0.1, -0.05) is 48.5 Å². The lowest BCUT2D eigenvalue weighted by Crippen LogP contribution is -2.15. The Morgan fingerprint density at radius 2 is 1.70 bits per heavy atom. The van der Waals surface area contributed by atoms with Crippen LogP contribution in [-0.4, -0.2) is 24.9 Å². The summed E-state index contributed by atoms with van der Waals surface area (Å²) in [5.74, 6) is -0.399. The van der Waals surface area contributed by atoms with Gasteiger partial charge >= 0.3 is 5.63 Å². The van der Waals surface area contributed by atoms with Gasteiger partial charge in [0.05, 0.1) is 16.5 Å². The maximum Gasteiger partial charge on any atom is 0.343 e. The lowest BCUT2D eigenvalue weighted by atomic mass is 9.96. The molecule has 6 aromatic rings. The number of hydrogen-bond acceptors (Lipinski definition) is 7. The molecule has 9 heteroatoms. The highest BCUT2D eigenvalue weighted by Crippen LogP contribution is 2.40. The van der Waals surface area contributed by atoms with Gasteiger partial charge in [-0.25, -0.2) is 19.2 Å². The van der Waals surface area contributed by atoms with Crippen molar-refractivity contribution in [2.24, 2.45) is 0 Å². The fourth-order valence-corrected chi connectivity index (χ4v) is 4.75. The molecule has 0 spiro atoms. The second-order valence-corrected chi connectivity index (χ2v) is 8.67. The normalized spacial score (nSPS) is 12.3. The Labute approximate surface area is 209 Å². The van der Waals surface area contributed by atoms with Crippen LogP contribution in [0.2, 0.25) is 0 Å². The first kappa shape index (κ1) is 22.4. The highest BCUT2D eigenvalue weighted by Gasteiger charge is 2.27. The summed E-state index contributed by atoms with van der Waals surface area (Å²) in [5, 5.41) is 16.4. The van der Waals surface area contributed by atoms with Crippen LogP contribution in [0.15, 0.2) is 88.3 Å². The van der Waals surface area contributed by atoms with E-state index in [1.807, 2.05) is 49.4 Å². The molecule has 3 aromatic heterocycles. The monoisotopic (exact) mass is 493 g/mol. The maximum absolute atomic E-state index is 14.4. The van der Waals surface area contributed by atoms with Gasteiger partial charge in [0, 0.05) is 22.6 Å². The maximum atomic E-state index is 14.4. The van der Waals surface area contributed by atoms with E-state index in [-0.39, 0.29) is 17.2 Å². The first-order valence-corrected chi connectivity index (χ1v) is 11.5. The molecule has 0 aliphatic heterocycles. The predicted octanol–water partition coefficient (Wildman–Crippen LogP) is 5.30. The van der Waals surface area contributed by atoms with Crippen molar-refractivity contribution in [1.29, 1.82) is 0 Å². The van der Waals surface area contributed by atoms with E-state index in [4.69, 9.17) is 10.2 Å². The van der Waals surface area contributed by atoms with E-state index in [1.165, 1.54) is 18.5 Å². The molecule has 0 radical (unpaired) electrons. The fraction of sp³-hybridized carbons (Fsp3) is 0.0714. The van der Waals surface area contributed by atoms with Gasteiger partial charge in [-0.2, -0.15) is 5.10 Å². The van der Waals surface area contributed by atoms with Crippen LogP contribution in [0.25, 0.3) is 44.2 Å². The minimum Gasteiger partial charge on any atom is -0.508 e.